The number of carbonyl (C=O) groups is 2. The summed E-state index contributed by atoms with van der Waals surface area (Å²) in [5.74, 6) is -1.38. The van der Waals surface area contributed by atoms with Gasteiger partial charge in [-0.3, -0.25) is 20.4 Å². The van der Waals surface area contributed by atoms with Gasteiger partial charge in [-0.2, -0.15) is 0 Å². The van der Waals surface area contributed by atoms with Crippen molar-refractivity contribution in [2.45, 2.75) is 17.7 Å². The Bertz CT molecular complexity index is 983. The predicted molar refractivity (Wildman–Crippen MR) is 104 cm³/mol. The van der Waals surface area contributed by atoms with Gasteiger partial charge in [0, 0.05) is 18.0 Å². The number of sulfonamides is 1. The van der Waals surface area contributed by atoms with Crippen molar-refractivity contribution in [3.05, 3.63) is 58.9 Å². The fourth-order valence-corrected chi connectivity index (χ4v) is 3.51. The quantitative estimate of drug-likeness (QED) is 0.426. The molecule has 0 heterocycles. The highest BCUT2D eigenvalue weighted by molar-refractivity contribution is 7.89. The summed E-state index contributed by atoms with van der Waals surface area (Å²) in [5, 5.41) is 0.329. The lowest BCUT2D eigenvalue weighted by atomic mass is 10.2. The molecule has 0 radical (unpaired) electrons. The first kappa shape index (κ1) is 22.6. The van der Waals surface area contributed by atoms with E-state index < -0.39 is 27.7 Å². The van der Waals surface area contributed by atoms with Crippen molar-refractivity contribution in [1.29, 1.82) is 0 Å². The van der Waals surface area contributed by atoms with Crippen LogP contribution in [0.15, 0.2) is 47.4 Å². The number of methoxy groups -OCH3 is 1. The molecule has 156 valence electrons. The van der Waals surface area contributed by atoms with Crippen molar-refractivity contribution in [1.82, 2.24) is 15.6 Å². The molecule has 0 saturated heterocycles. The number of carbonyl (C=O) groups excluding carboxylic acids is 2. The molecule has 0 bridgehead atoms. The van der Waals surface area contributed by atoms with Gasteiger partial charge in [0.15, 0.2) is 0 Å². The smallest absolute Gasteiger partial charge is 0.273 e. The summed E-state index contributed by atoms with van der Waals surface area (Å²) in [4.78, 5) is 23.9. The summed E-state index contributed by atoms with van der Waals surface area (Å²) in [6.07, 6.45) is 0.140. The van der Waals surface area contributed by atoms with Crippen molar-refractivity contribution in [2.75, 3.05) is 13.7 Å². The van der Waals surface area contributed by atoms with Gasteiger partial charge in [-0.05, 0) is 48.9 Å². The van der Waals surface area contributed by atoms with Crippen LogP contribution in [0.1, 0.15) is 23.2 Å². The molecule has 2 aromatic carbocycles. The summed E-state index contributed by atoms with van der Waals surface area (Å²) >= 11 is 5.86. The molecule has 11 heteroatoms. The Kier molecular flexibility index (Phi) is 7.94. The highest BCUT2D eigenvalue weighted by atomic mass is 35.5. The molecule has 2 amide bonds. The lowest BCUT2D eigenvalue weighted by Gasteiger charge is -2.11. The van der Waals surface area contributed by atoms with Gasteiger partial charge in [-0.15, -0.1) is 0 Å². The Balaban J connectivity index is 1.77. The van der Waals surface area contributed by atoms with E-state index in [4.69, 9.17) is 16.3 Å². The Morgan fingerprint density at radius 3 is 2.45 bits per heavy atom. The van der Waals surface area contributed by atoms with Crippen LogP contribution in [-0.2, 0) is 14.8 Å². The first-order valence-electron chi connectivity index (χ1n) is 8.41. The van der Waals surface area contributed by atoms with E-state index in [0.717, 1.165) is 24.3 Å². The molecule has 2 aromatic rings. The number of nitrogens with one attached hydrogen (secondary N) is 3. The molecule has 0 saturated carbocycles. The molecule has 29 heavy (non-hydrogen) atoms. The van der Waals surface area contributed by atoms with Crippen LogP contribution in [0.4, 0.5) is 4.39 Å². The van der Waals surface area contributed by atoms with Crippen molar-refractivity contribution in [3.63, 3.8) is 0 Å². The number of amides is 2. The average Bonchev–Trinajstić information content (AvgIpc) is 2.69. The molecule has 0 atom stereocenters. The second kappa shape index (κ2) is 10.2. The monoisotopic (exact) mass is 443 g/mol. The maximum Gasteiger partial charge on any atom is 0.273 e. The van der Waals surface area contributed by atoms with Gasteiger partial charge < -0.3 is 4.74 Å². The maximum atomic E-state index is 12.9. The van der Waals surface area contributed by atoms with E-state index in [0.29, 0.717) is 5.02 Å². The van der Waals surface area contributed by atoms with E-state index in [9.17, 15) is 22.4 Å². The zero-order valence-corrected chi connectivity index (χ0v) is 16.9. The number of hydrogen-bond acceptors (Lipinski definition) is 5. The third-order valence-corrected chi connectivity index (χ3v) is 5.43. The molecule has 0 unspecified atom stereocenters. The maximum absolute atomic E-state index is 12.9. The SMILES string of the molecule is COc1ccc(Cl)cc1C(=O)NNC(=O)CCCNS(=O)(=O)c1ccc(F)cc1. The first-order valence-corrected chi connectivity index (χ1v) is 10.3. The fraction of sp³-hybridized carbons (Fsp3) is 0.222. The van der Waals surface area contributed by atoms with E-state index in [-0.39, 0.29) is 35.6 Å². The average molecular weight is 444 g/mol. The van der Waals surface area contributed by atoms with Crippen LogP contribution in [0.2, 0.25) is 5.02 Å². The van der Waals surface area contributed by atoms with Gasteiger partial charge in [0.1, 0.15) is 11.6 Å². The molecule has 0 aliphatic rings. The number of rotatable bonds is 8. The molecular formula is C18H19ClFN3O5S. The lowest BCUT2D eigenvalue weighted by molar-refractivity contribution is -0.121. The van der Waals surface area contributed by atoms with Crippen LogP contribution in [0.5, 0.6) is 5.75 Å². The molecule has 3 N–H and O–H groups in total. The second-order valence-electron chi connectivity index (χ2n) is 5.80. The standard InChI is InChI=1S/C18H19ClFN3O5S/c1-28-16-9-4-12(19)11-15(16)18(25)23-22-17(24)3-2-10-21-29(26,27)14-7-5-13(20)6-8-14/h4-9,11,21H,2-3,10H2,1H3,(H,22,24)(H,23,25). The zero-order valence-electron chi connectivity index (χ0n) is 15.4. The van der Waals surface area contributed by atoms with Gasteiger partial charge in [-0.1, -0.05) is 11.6 Å². The molecule has 8 nitrogen and oxygen atoms in total. The summed E-state index contributed by atoms with van der Waals surface area (Å²) < 4.78 is 44.3. The van der Waals surface area contributed by atoms with Crippen LogP contribution < -0.4 is 20.3 Å². The normalized spacial score (nSPS) is 11.0. The van der Waals surface area contributed by atoms with Gasteiger partial charge >= 0.3 is 0 Å². The van der Waals surface area contributed by atoms with E-state index in [2.05, 4.69) is 15.6 Å². The first-order chi connectivity index (χ1) is 13.7. The molecular weight excluding hydrogens is 425 g/mol. The summed E-state index contributed by atoms with van der Waals surface area (Å²) in [6.45, 7) is -0.0107. The van der Waals surface area contributed by atoms with Gasteiger partial charge in [0.25, 0.3) is 5.91 Å². The number of hydrogen-bond donors (Lipinski definition) is 3. The predicted octanol–water partition coefficient (Wildman–Crippen LogP) is 2.01. The molecule has 0 aliphatic carbocycles. The van der Waals surface area contributed by atoms with E-state index >= 15 is 0 Å². The molecule has 0 spiro atoms. The summed E-state index contributed by atoms with van der Waals surface area (Å²) in [7, 11) is -2.40. The van der Waals surface area contributed by atoms with Crippen LogP contribution >= 0.6 is 11.6 Å². The van der Waals surface area contributed by atoms with Gasteiger partial charge in [0.2, 0.25) is 15.9 Å². The number of halogens is 2. The number of hydrazine groups is 1. The minimum absolute atomic E-state index is 0.0107. The van der Waals surface area contributed by atoms with Crippen molar-refractivity contribution < 1.29 is 27.1 Å². The Hall–Kier alpha value is -2.69. The van der Waals surface area contributed by atoms with E-state index in [1.165, 1.54) is 19.2 Å². The molecule has 0 fully saturated rings. The van der Waals surface area contributed by atoms with E-state index in [1.807, 2.05) is 0 Å². The lowest BCUT2D eigenvalue weighted by Crippen LogP contribution is -2.42. The van der Waals surface area contributed by atoms with Crippen LogP contribution in [0.3, 0.4) is 0 Å². The van der Waals surface area contributed by atoms with Gasteiger partial charge in [0.05, 0.1) is 17.6 Å². The third kappa shape index (κ3) is 6.70. The number of benzene rings is 2. The second-order valence-corrected chi connectivity index (χ2v) is 8.01. The topological polar surface area (TPSA) is 114 Å². The van der Waals surface area contributed by atoms with Crippen molar-refractivity contribution in [3.8, 4) is 5.75 Å². The molecule has 0 aromatic heterocycles. The zero-order chi connectivity index (χ0) is 21.4. The van der Waals surface area contributed by atoms with Crippen molar-refractivity contribution in [2.24, 2.45) is 0 Å². The Labute approximate surface area is 172 Å². The summed E-state index contributed by atoms with van der Waals surface area (Å²) in [6, 6.07) is 8.84. The number of ether oxygens (including phenoxy) is 1. The largest absolute Gasteiger partial charge is 0.496 e. The Morgan fingerprint density at radius 1 is 1.10 bits per heavy atom. The highest BCUT2D eigenvalue weighted by Crippen LogP contribution is 2.22. The third-order valence-electron chi connectivity index (χ3n) is 3.72. The van der Waals surface area contributed by atoms with E-state index in [1.54, 1.807) is 6.07 Å². The minimum Gasteiger partial charge on any atom is -0.496 e. The minimum atomic E-state index is -3.79. The van der Waals surface area contributed by atoms with Crippen molar-refractivity contribution >= 4 is 33.4 Å². The van der Waals surface area contributed by atoms with Crippen LogP contribution in [0, 0.1) is 5.82 Å². The Morgan fingerprint density at radius 2 is 1.79 bits per heavy atom. The highest BCUT2D eigenvalue weighted by Gasteiger charge is 2.15. The molecule has 2 rings (SSSR count). The van der Waals surface area contributed by atoms with Crippen LogP contribution in [-0.4, -0.2) is 33.9 Å². The van der Waals surface area contributed by atoms with Crippen LogP contribution in [0.25, 0.3) is 0 Å². The molecule has 0 aliphatic heterocycles. The fourth-order valence-electron chi connectivity index (χ4n) is 2.27. The van der Waals surface area contributed by atoms with Gasteiger partial charge in [-0.25, -0.2) is 17.5 Å². The summed E-state index contributed by atoms with van der Waals surface area (Å²) in [5.41, 5.74) is 4.61.